The molecule has 0 radical (unpaired) electrons. The Hall–Kier alpha value is 0.250. The lowest BCUT2D eigenvalue weighted by Gasteiger charge is -2.17. The number of hydrogen-bond acceptors (Lipinski definition) is 5. The molecule has 2 atom stereocenters. The van der Waals surface area contributed by atoms with Crippen molar-refractivity contribution in [2.24, 2.45) is 18.1 Å². The second-order valence-corrected chi connectivity index (χ2v) is 10.9. The molecule has 2 unspecified atom stereocenters. The molecule has 0 aliphatic carbocycles. The van der Waals surface area contributed by atoms with Crippen LogP contribution in [0.1, 0.15) is 0 Å². The fourth-order valence-electron chi connectivity index (χ4n) is 0.938. The zero-order valence-electron chi connectivity index (χ0n) is 9.59. The van der Waals surface area contributed by atoms with Gasteiger partial charge in [0.25, 0.3) is 0 Å². The molecule has 0 saturated heterocycles. The van der Waals surface area contributed by atoms with Crippen LogP contribution < -0.4 is 0 Å². The Morgan fingerprint density at radius 2 is 1.29 bits per heavy atom. The minimum Gasteiger partial charge on any atom is -0.294 e. The van der Waals surface area contributed by atoms with Crippen molar-refractivity contribution in [2.45, 2.75) is 6.18 Å². The minimum absolute atomic E-state index is 0.235. The van der Waals surface area contributed by atoms with Crippen molar-refractivity contribution in [2.75, 3.05) is 13.3 Å². The van der Waals surface area contributed by atoms with E-state index in [2.05, 4.69) is 9.04 Å². The van der Waals surface area contributed by atoms with Crippen molar-refractivity contribution in [3.8, 4) is 0 Å². The van der Waals surface area contributed by atoms with Gasteiger partial charge in [0.15, 0.2) is 6.61 Å². The van der Waals surface area contributed by atoms with Gasteiger partial charge in [0.1, 0.15) is 0 Å². The fraction of sp³-hybridized carbons (Fsp3) is 1.00. The van der Waals surface area contributed by atoms with E-state index in [1.54, 1.807) is 4.52 Å². The minimum atomic E-state index is -6.39. The number of halogens is 9. The number of hydrogen-bond donors (Lipinski definition) is 0. The Balaban J connectivity index is 3.46. The molecule has 1 aliphatic heterocycles. The first-order valence-electron chi connectivity index (χ1n) is 4.45. The molecule has 0 aromatic rings. The summed E-state index contributed by atoms with van der Waals surface area (Å²) in [6, 6.07) is 0. The molecule has 21 heavy (non-hydrogen) atoms. The molecule has 0 fully saturated rings. The fourth-order valence-corrected chi connectivity index (χ4v) is 8.80. The van der Waals surface area contributed by atoms with Crippen molar-refractivity contribution < 1.29 is 42.9 Å². The first-order valence-corrected chi connectivity index (χ1v) is 10.9. The van der Waals surface area contributed by atoms with E-state index in [1.165, 1.54) is 0 Å². The molecular formula is C3H5F9N4OP4. The molecule has 0 spiro atoms. The van der Waals surface area contributed by atoms with Crippen LogP contribution in [0.15, 0.2) is 18.1 Å². The largest absolute Gasteiger partial charge is 0.425 e. The second kappa shape index (κ2) is 5.71. The average Bonchev–Trinajstić information content (AvgIpc) is 2.04. The van der Waals surface area contributed by atoms with Gasteiger partial charge < -0.3 is 0 Å². The maximum atomic E-state index is 13.8. The van der Waals surface area contributed by atoms with E-state index in [-0.39, 0.29) is 6.66 Å². The van der Waals surface area contributed by atoms with Crippen molar-refractivity contribution >= 4 is 30.9 Å². The third-order valence-electron chi connectivity index (χ3n) is 1.37. The van der Waals surface area contributed by atoms with E-state index < -0.39 is 43.7 Å². The van der Waals surface area contributed by atoms with Crippen LogP contribution in [0.4, 0.5) is 38.4 Å². The maximum absolute atomic E-state index is 13.8. The average molecular weight is 408 g/mol. The molecule has 0 aromatic heterocycles. The zero-order chi connectivity index (χ0) is 16.7. The predicted molar refractivity (Wildman–Crippen MR) is 62.0 cm³/mol. The van der Waals surface area contributed by atoms with Gasteiger partial charge in [-0.15, -0.1) is 25.8 Å². The summed E-state index contributed by atoms with van der Waals surface area (Å²) in [5.41, 5.74) is 0. The van der Waals surface area contributed by atoms with E-state index in [9.17, 15) is 38.4 Å². The molecule has 5 nitrogen and oxygen atoms in total. The number of alkyl halides is 3. The van der Waals surface area contributed by atoms with Crippen LogP contribution in [0.25, 0.3) is 0 Å². The molecule has 1 rings (SSSR count). The Morgan fingerprint density at radius 3 is 1.76 bits per heavy atom. The van der Waals surface area contributed by atoms with Gasteiger partial charge in [0.2, 0.25) is 7.52 Å². The summed E-state index contributed by atoms with van der Waals surface area (Å²) in [7, 11) is -23.4. The smallest absolute Gasteiger partial charge is 0.294 e. The van der Waals surface area contributed by atoms with Crippen LogP contribution in [0.3, 0.4) is 0 Å². The van der Waals surface area contributed by atoms with Gasteiger partial charge in [-0.05, 0) is 0 Å². The highest BCUT2D eigenvalue weighted by Gasteiger charge is 2.40. The quantitative estimate of drug-likeness (QED) is 0.339. The van der Waals surface area contributed by atoms with Gasteiger partial charge in [0.05, 0.1) is 0 Å². The summed E-state index contributed by atoms with van der Waals surface area (Å²) in [4.78, 5) is 0. The number of nitrogens with zero attached hydrogens (tertiary/aromatic N) is 4. The van der Waals surface area contributed by atoms with Crippen molar-refractivity contribution in [1.29, 1.82) is 0 Å². The molecular weight excluding hydrogens is 403 g/mol. The maximum Gasteiger partial charge on any atom is 0.425 e. The molecule has 126 valence electrons. The summed E-state index contributed by atoms with van der Waals surface area (Å²) in [6.07, 6.45) is -5.14. The third kappa shape index (κ3) is 6.91. The first-order chi connectivity index (χ1) is 9.04. The molecule has 0 bridgehead atoms. The summed E-state index contributed by atoms with van der Waals surface area (Å²) in [5.74, 6) is 0. The summed E-state index contributed by atoms with van der Waals surface area (Å²) < 4.78 is 126. The zero-order valence-corrected chi connectivity index (χ0v) is 13.2. The van der Waals surface area contributed by atoms with Crippen molar-refractivity contribution in [1.82, 2.24) is 0 Å². The highest BCUT2D eigenvalue weighted by atomic mass is 31.3. The monoisotopic (exact) mass is 408 g/mol. The van der Waals surface area contributed by atoms with E-state index in [1.807, 2.05) is 9.03 Å². The predicted octanol–water partition coefficient (Wildman–Crippen LogP) is 7.90. The Bertz CT molecular complexity index is 632. The van der Waals surface area contributed by atoms with Crippen LogP contribution in [-0.2, 0) is 4.52 Å². The van der Waals surface area contributed by atoms with Crippen LogP contribution in [0, 0.1) is 0 Å². The van der Waals surface area contributed by atoms with E-state index >= 15 is 0 Å². The lowest BCUT2D eigenvalue weighted by atomic mass is 10.7. The second-order valence-electron chi connectivity index (χ2n) is 3.44. The van der Waals surface area contributed by atoms with Crippen LogP contribution in [0.5, 0.6) is 0 Å². The van der Waals surface area contributed by atoms with Gasteiger partial charge in [-0.1, -0.05) is 0 Å². The lowest BCUT2D eigenvalue weighted by Crippen LogP contribution is -2.15. The molecule has 1 aliphatic rings. The first kappa shape index (κ1) is 19.3. The molecule has 18 heteroatoms. The highest BCUT2D eigenvalue weighted by Crippen LogP contribution is 2.81. The third-order valence-corrected chi connectivity index (χ3v) is 9.65. The van der Waals surface area contributed by atoms with Gasteiger partial charge >= 0.3 is 29.6 Å². The van der Waals surface area contributed by atoms with Gasteiger partial charge in [-0.3, -0.25) is 4.52 Å². The normalized spacial score (nSPS) is 35.3. The molecule has 0 amide bonds. The van der Waals surface area contributed by atoms with Gasteiger partial charge in [-0.25, -0.2) is 0 Å². The van der Waals surface area contributed by atoms with Crippen LogP contribution in [0.2, 0.25) is 0 Å². The number of rotatable bonds is 2. The Kier molecular flexibility index (Phi) is 5.25. The van der Waals surface area contributed by atoms with Gasteiger partial charge in [0, 0.05) is 6.66 Å². The Morgan fingerprint density at radius 1 is 0.810 bits per heavy atom. The standard InChI is InChI=1S/C3H5F9N4OP4/c1-18(7)13-19(8,9)15-20(10,11)16-21(12,14-18)17-2-3(4,5)6/h2H2,1H3. The molecule has 1 heterocycles. The summed E-state index contributed by atoms with van der Waals surface area (Å²) >= 11 is 0. The van der Waals surface area contributed by atoms with Gasteiger partial charge in [-0.2, -0.15) is 30.6 Å². The molecule has 0 N–H and O–H groups in total. The Labute approximate surface area is 112 Å². The molecule has 0 aromatic carbocycles. The van der Waals surface area contributed by atoms with Crippen molar-refractivity contribution in [3.05, 3.63) is 0 Å². The van der Waals surface area contributed by atoms with Crippen molar-refractivity contribution in [3.63, 3.8) is 0 Å². The van der Waals surface area contributed by atoms with E-state index in [0.717, 1.165) is 0 Å². The SMILES string of the molecule is CP1(F)=NP(F)(OCC(F)(F)F)=NP(F)(F)=NP(F)(F)=N1. The lowest BCUT2D eigenvalue weighted by molar-refractivity contribution is -0.153. The van der Waals surface area contributed by atoms with Crippen LogP contribution >= 0.6 is 30.9 Å². The molecule has 0 saturated carbocycles. The highest BCUT2D eigenvalue weighted by molar-refractivity contribution is 7.79. The summed E-state index contributed by atoms with van der Waals surface area (Å²) in [6.45, 7) is -2.16. The summed E-state index contributed by atoms with van der Waals surface area (Å²) in [5, 5.41) is 0. The van der Waals surface area contributed by atoms with Crippen LogP contribution in [-0.4, -0.2) is 19.4 Å². The van der Waals surface area contributed by atoms with E-state index in [0.29, 0.717) is 0 Å². The topological polar surface area (TPSA) is 58.7 Å². The van der Waals surface area contributed by atoms with E-state index in [4.69, 9.17) is 0 Å².